The molecule has 0 aromatic heterocycles. The second-order valence-electron chi connectivity index (χ2n) is 6.05. The quantitative estimate of drug-likeness (QED) is 0.360. The maximum absolute atomic E-state index is 5.64. The first-order valence-corrected chi connectivity index (χ1v) is 8.51. The molecular formula is C17H34O. The number of unbranched alkanes of at least 4 members (excludes halogenated alkanes) is 10. The lowest BCUT2D eigenvalue weighted by atomic mass is 10.1. The van der Waals surface area contributed by atoms with Gasteiger partial charge < -0.3 is 4.74 Å². The molecule has 1 rings (SSSR count). The molecule has 0 saturated heterocycles. The van der Waals surface area contributed by atoms with E-state index in [-0.39, 0.29) is 0 Å². The number of hydrogen-bond donors (Lipinski definition) is 0. The van der Waals surface area contributed by atoms with Crippen LogP contribution >= 0.6 is 0 Å². The van der Waals surface area contributed by atoms with E-state index in [9.17, 15) is 0 Å². The minimum absolute atomic E-state index is 0.928. The Bertz CT molecular complexity index is 163. The summed E-state index contributed by atoms with van der Waals surface area (Å²) in [7, 11) is 0. The van der Waals surface area contributed by atoms with Crippen molar-refractivity contribution in [1.82, 2.24) is 0 Å². The summed E-state index contributed by atoms with van der Waals surface area (Å²) in [6.07, 6.45) is 18.4. The number of ether oxygens (including phenoxy) is 1. The fourth-order valence-electron chi connectivity index (χ4n) is 2.40. The highest BCUT2D eigenvalue weighted by Crippen LogP contribution is 2.28. The molecule has 1 aliphatic carbocycles. The molecule has 0 bridgehead atoms. The molecule has 0 amide bonds. The van der Waals surface area contributed by atoms with Gasteiger partial charge in [-0.15, -0.1) is 0 Å². The molecule has 108 valence electrons. The molecule has 0 N–H and O–H groups in total. The van der Waals surface area contributed by atoms with Crippen LogP contribution in [0.25, 0.3) is 0 Å². The lowest BCUT2D eigenvalue weighted by Crippen LogP contribution is -1.98. The summed E-state index contributed by atoms with van der Waals surface area (Å²) in [5.41, 5.74) is 0. The second-order valence-corrected chi connectivity index (χ2v) is 6.05. The minimum Gasteiger partial charge on any atom is -0.381 e. The van der Waals surface area contributed by atoms with Crippen molar-refractivity contribution in [2.75, 3.05) is 13.2 Å². The summed E-state index contributed by atoms with van der Waals surface area (Å²) in [5, 5.41) is 0. The summed E-state index contributed by atoms with van der Waals surface area (Å²) in [6.45, 7) is 4.33. The molecule has 1 saturated carbocycles. The first-order valence-electron chi connectivity index (χ1n) is 8.51. The van der Waals surface area contributed by atoms with Crippen LogP contribution in [0.15, 0.2) is 0 Å². The molecular weight excluding hydrogens is 220 g/mol. The van der Waals surface area contributed by atoms with Crippen LogP contribution in [0.2, 0.25) is 0 Å². The fourth-order valence-corrected chi connectivity index (χ4v) is 2.40. The molecule has 1 aliphatic rings. The topological polar surface area (TPSA) is 9.23 Å². The molecule has 1 heteroatoms. The van der Waals surface area contributed by atoms with E-state index in [1.54, 1.807) is 0 Å². The Morgan fingerprint density at radius 2 is 1.22 bits per heavy atom. The third kappa shape index (κ3) is 11.1. The van der Waals surface area contributed by atoms with E-state index in [4.69, 9.17) is 4.74 Å². The fraction of sp³-hybridized carbons (Fsp3) is 1.00. The van der Waals surface area contributed by atoms with Crippen molar-refractivity contribution < 1.29 is 4.74 Å². The maximum atomic E-state index is 5.64. The molecule has 0 radical (unpaired) electrons. The zero-order chi connectivity index (χ0) is 12.9. The summed E-state index contributed by atoms with van der Waals surface area (Å²) in [5.74, 6) is 0.928. The summed E-state index contributed by atoms with van der Waals surface area (Å²) in [4.78, 5) is 0. The van der Waals surface area contributed by atoms with E-state index in [0.717, 1.165) is 19.1 Å². The van der Waals surface area contributed by atoms with E-state index < -0.39 is 0 Å². The van der Waals surface area contributed by atoms with Gasteiger partial charge in [-0.1, -0.05) is 71.1 Å². The Kier molecular flexibility index (Phi) is 10.7. The van der Waals surface area contributed by atoms with E-state index >= 15 is 0 Å². The van der Waals surface area contributed by atoms with Gasteiger partial charge in [-0.3, -0.25) is 0 Å². The lowest BCUT2D eigenvalue weighted by Gasteiger charge is -2.04. The van der Waals surface area contributed by atoms with Crippen molar-refractivity contribution in [3.05, 3.63) is 0 Å². The molecule has 0 spiro atoms. The van der Waals surface area contributed by atoms with Crippen LogP contribution in [0.4, 0.5) is 0 Å². The summed E-state index contributed by atoms with van der Waals surface area (Å²) >= 11 is 0. The Morgan fingerprint density at radius 3 is 1.72 bits per heavy atom. The van der Waals surface area contributed by atoms with E-state index in [1.165, 1.54) is 83.5 Å². The number of rotatable bonds is 14. The van der Waals surface area contributed by atoms with Crippen LogP contribution < -0.4 is 0 Å². The smallest absolute Gasteiger partial charge is 0.0494 e. The van der Waals surface area contributed by atoms with Gasteiger partial charge in [0.25, 0.3) is 0 Å². The van der Waals surface area contributed by atoms with Crippen molar-refractivity contribution in [3.8, 4) is 0 Å². The SMILES string of the molecule is CCCCCCCCCCCCCOCC1CC1. The van der Waals surface area contributed by atoms with E-state index in [2.05, 4.69) is 6.92 Å². The molecule has 1 nitrogen and oxygen atoms in total. The monoisotopic (exact) mass is 254 g/mol. The van der Waals surface area contributed by atoms with E-state index in [1.807, 2.05) is 0 Å². The Morgan fingerprint density at radius 1 is 0.722 bits per heavy atom. The highest BCUT2D eigenvalue weighted by molar-refractivity contribution is 4.71. The normalized spacial score (nSPS) is 15.2. The first kappa shape index (κ1) is 16.0. The van der Waals surface area contributed by atoms with Crippen LogP contribution in [0.3, 0.4) is 0 Å². The highest BCUT2D eigenvalue weighted by Gasteiger charge is 2.20. The molecule has 0 aromatic rings. The van der Waals surface area contributed by atoms with Gasteiger partial charge >= 0.3 is 0 Å². The predicted octanol–water partition coefficient (Wildman–Crippen LogP) is 5.72. The predicted molar refractivity (Wildman–Crippen MR) is 80.0 cm³/mol. The average Bonchev–Trinajstić information content (AvgIpc) is 3.19. The van der Waals surface area contributed by atoms with Crippen LogP contribution in [0, 0.1) is 5.92 Å². The number of hydrogen-bond acceptors (Lipinski definition) is 1. The summed E-state index contributed by atoms with van der Waals surface area (Å²) in [6, 6.07) is 0. The van der Waals surface area contributed by atoms with Gasteiger partial charge in [0.05, 0.1) is 0 Å². The van der Waals surface area contributed by atoms with Gasteiger partial charge in [-0.05, 0) is 25.2 Å². The Hall–Kier alpha value is -0.0400. The largest absolute Gasteiger partial charge is 0.381 e. The van der Waals surface area contributed by atoms with Crippen LogP contribution in [0.1, 0.15) is 90.4 Å². The van der Waals surface area contributed by atoms with Gasteiger partial charge in [-0.25, -0.2) is 0 Å². The minimum atomic E-state index is 0.928. The standard InChI is InChI=1S/C17H34O/c1-2-3-4-5-6-7-8-9-10-11-12-15-18-16-17-13-14-17/h17H,2-16H2,1H3. The zero-order valence-electron chi connectivity index (χ0n) is 12.6. The molecule has 0 aliphatic heterocycles. The van der Waals surface area contributed by atoms with Crippen molar-refractivity contribution in [1.29, 1.82) is 0 Å². The van der Waals surface area contributed by atoms with E-state index in [0.29, 0.717) is 0 Å². The second kappa shape index (κ2) is 12.0. The third-order valence-corrected chi connectivity index (χ3v) is 3.94. The van der Waals surface area contributed by atoms with Crippen LogP contribution in [0.5, 0.6) is 0 Å². The van der Waals surface area contributed by atoms with Gasteiger partial charge in [-0.2, -0.15) is 0 Å². The van der Waals surface area contributed by atoms with Gasteiger partial charge in [0.2, 0.25) is 0 Å². The molecule has 0 aromatic carbocycles. The highest BCUT2D eigenvalue weighted by atomic mass is 16.5. The Labute approximate surface area is 115 Å². The van der Waals surface area contributed by atoms with Crippen molar-refractivity contribution >= 4 is 0 Å². The lowest BCUT2D eigenvalue weighted by molar-refractivity contribution is 0.120. The molecule has 18 heavy (non-hydrogen) atoms. The zero-order valence-corrected chi connectivity index (χ0v) is 12.6. The van der Waals surface area contributed by atoms with Crippen LogP contribution in [-0.4, -0.2) is 13.2 Å². The van der Waals surface area contributed by atoms with Crippen molar-refractivity contribution in [3.63, 3.8) is 0 Å². The molecule has 0 atom stereocenters. The first-order chi connectivity index (χ1) is 8.93. The van der Waals surface area contributed by atoms with Crippen molar-refractivity contribution in [2.45, 2.75) is 90.4 Å². The maximum Gasteiger partial charge on any atom is 0.0494 e. The van der Waals surface area contributed by atoms with Gasteiger partial charge in [0, 0.05) is 13.2 Å². The summed E-state index contributed by atoms with van der Waals surface area (Å²) < 4.78 is 5.64. The van der Waals surface area contributed by atoms with Gasteiger partial charge in [0.15, 0.2) is 0 Å². The third-order valence-electron chi connectivity index (χ3n) is 3.94. The molecule has 0 unspecified atom stereocenters. The van der Waals surface area contributed by atoms with Gasteiger partial charge in [0.1, 0.15) is 0 Å². The average molecular weight is 254 g/mol. The van der Waals surface area contributed by atoms with Crippen molar-refractivity contribution in [2.24, 2.45) is 5.92 Å². The Balaban J connectivity index is 1.60. The van der Waals surface area contributed by atoms with Crippen LogP contribution in [-0.2, 0) is 4.74 Å². The molecule has 0 heterocycles. The molecule has 1 fully saturated rings.